The molecule has 1 saturated carbocycles. The van der Waals surface area contributed by atoms with Crippen LogP contribution >= 0.6 is 0 Å². The molecule has 0 aliphatic heterocycles. The van der Waals surface area contributed by atoms with Gasteiger partial charge in [-0.1, -0.05) is 57.9 Å². The Labute approximate surface area is 237 Å². The van der Waals surface area contributed by atoms with Gasteiger partial charge in [0.15, 0.2) is 0 Å². The van der Waals surface area contributed by atoms with Crippen LogP contribution in [0.4, 0.5) is 4.39 Å². The SMILES string of the molecule is CCOC(=O)C[C@H](CC1CC1)c1cccc(OCc2ccc(-c3cc(OC)ccc3F)c(C(O)C(C)(C)C)c2)c1. The van der Waals surface area contributed by atoms with E-state index in [0.717, 1.165) is 17.5 Å². The Morgan fingerprint density at radius 3 is 2.48 bits per heavy atom. The van der Waals surface area contributed by atoms with Gasteiger partial charge in [-0.05, 0) is 89.2 Å². The highest BCUT2D eigenvalue weighted by Crippen LogP contribution is 2.42. The lowest BCUT2D eigenvalue weighted by Gasteiger charge is -2.28. The average Bonchev–Trinajstić information content (AvgIpc) is 3.75. The van der Waals surface area contributed by atoms with Gasteiger partial charge in [0.05, 0.1) is 26.2 Å². The van der Waals surface area contributed by atoms with Crippen LogP contribution in [0.2, 0.25) is 0 Å². The molecule has 0 spiro atoms. The summed E-state index contributed by atoms with van der Waals surface area (Å²) in [5.41, 5.74) is 3.09. The number of hydrogen-bond donors (Lipinski definition) is 1. The number of carbonyl (C=O) groups excluding carboxylic acids is 1. The van der Waals surface area contributed by atoms with Gasteiger partial charge in [0, 0.05) is 5.56 Å². The normalized spacial score (nSPS) is 14.9. The lowest BCUT2D eigenvalue weighted by molar-refractivity contribution is -0.143. The van der Waals surface area contributed by atoms with Gasteiger partial charge in [-0.15, -0.1) is 0 Å². The van der Waals surface area contributed by atoms with Crippen LogP contribution in [0.5, 0.6) is 11.5 Å². The minimum atomic E-state index is -0.831. The Morgan fingerprint density at radius 1 is 1.02 bits per heavy atom. The Hall–Kier alpha value is -3.38. The summed E-state index contributed by atoms with van der Waals surface area (Å²) in [6, 6.07) is 18.2. The van der Waals surface area contributed by atoms with E-state index in [1.165, 1.54) is 18.9 Å². The number of ether oxygens (including phenoxy) is 3. The van der Waals surface area contributed by atoms with Gasteiger partial charge >= 0.3 is 5.97 Å². The zero-order valence-corrected chi connectivity index (χ0v) is 24.2. The molecule has 1 aliphatic rings. The maximum atomic E-state index is 14.9. The second-order valence-corrected chi connectivity index (χ2v) is 11.8. The van der Waals surface area contributed by atoms with E-state index in [1.807, 2.05) is 64.1 Å². The van der Waals surface area contributed by atoms with E-state index < -0.39 is 11.5 Å². The summed E-state index contributed by atoms with van der Waals surface area (Å²) in [5, 5.41) is 11.3. The molecule has 0 heterocycles. The Morgan fingerprint density at radius 2 is 1.80 bits per heavy atom. The van der Waals surface area contributed by atoms with Crippen molar-refractivity contribution in [3.8, 4) is 22.6 Å². The summed E-state index contributed by atoms with van der Waals surface area (Å²) in [7, 11) is 1.54. The second-order valence-electron chi connectivity index (χ2n) is 11.8. The molecule has 40 heavy (non-hydrogen) atoms. The van der Waals surface area contributed by atoms with Crippen molar-refractivity contribution in [1.29, 1.82) is 0 Å². The number of rotatable bonds is 12. The van der Waals surface area contributed by atoms with E-state index >= 15 is 0 Å². The molecule has 5 nitrogen and oxygen atoms in total. The average molecular weight is 549 g/mol. The Kier molecular flexibility index (Phi) is 9.52. The standard InChI is InChI=1S/C34H41FO5/c1-6-39-32(36)19-25(16-22-10-11-22)24-8-7-9-27(18-24)40-21-23-12-14-28(30(17-23)33(37)34(2,3)4)29-20-26(38-5)13-15-31(29)35/h7-9,12-15,17-18,20,22,25,33,37H,6,10-11,16,19,21H2,1-5H3/t25-,33?/m0/s1. The van der Waals surface area contributed by atoms with Crippen molar-refractivity contribution in [2.75, 3.05) is 13.7 Å². The van der Waals surface area contributed by atoms with E-state index in [1.54, 1.807) is 19.2 Å². The molecule has 6 heteroatoms. The van der Waals surface area contributed by atoms with Crippen molar-refractivity contribution in [3.05, 3.63) is 83.2 Å². The molecular weight excluding hydrogens is 507 g/mol. The summed E-state index contributed by atoms with van der Waals surface area (Å²) >= 11 is 0. The van der Waals surface area contributed by atoms with Crippen LogP contribution in [-0.4, -0.2) is 24.8 Å². The molecule has 214 valence electrons. The maximum Gasteiger partial charge on any atom is 0.306 e. The number of methoxy groups -OCH3 is 1. The minimum absolute atomic E-state index is 0.0979. The van der Waals surface area contributed by atoms with E-state index in [-0.39, 0.29) is 24.3 Å². The molecule has 3 aromatic carbocycles. The van der Waals surface area contributed by atoms with Crippen molar-refractivity contribution in [1.82, 2.24) is 0 Å². The van der Waals surface area contributed by atoms with Crippen LogP contribution in [0.3, 0.4) is 0 Å². The van der Waals surface area contributed by atoms with Gasteiger partial charge in [-0.3, -0.25) is 4.79 Å². The highest BCUT2D eigenvalue weighted by Gasteiger charge is 2.29. The largest absolute Gasteiger partial charge is 0.497 e. The molecule has 2 atom stereocenters. The zero-order chi connectivity index (χ0) is 28.9. The first kappa shape index (κ1) is 29.6. The zero-order valence-electron chi connectivity index (χ0n) is 24.2. The minimum Gasteiger partial charge on any atom is -0.497 e. The van der Waals surface area contributed by atoms with Gasteiger partial charge in [-0.2, -0.15) is 0 Å². The van der Waals surface area contributed by atoms with E-state index in [0.29, 0.717) is 47.1 Å². The van der Waals surface area contributed by atoms with E-state index in [9.17, 15) is 14.3 Å². The van der Waals surface area contributed by atoms with Crippen molar-refractivity contribution >= 4 is 5.97 Å². The van der Waals surface area contributed by atoms with Gasteiger partial charge in [0.1, 0.15) is 23.9 Å². The first-order chi connectivity index (χ1) is 19.1. The van der Waals surface area contributed by atoms with Gasteiger partial charge in [-0.25, -0.2) is 4.39 Å². The molecule has 0 amide bonds. The molecule has 1 fully saturated rings. The summed E-state index contributed by atoms with van der Waals surface area (Å²) in [4.78, 5) is 12.3. The molecule has 4 rings (SSSR count). The smallest absolute Gasteiger partial charge is 0.306 e. The van der Waals surface area contributed by atoms with Gasteiger partial charge in [0.25, 0.3) is 0 Å². The van der Waals surface area contributed by atoms with Crippen LogP contribution in [-0.2, 0) is 16.1 Å². The molecule has 0 radical (unpaired) electrons. The summed E-state index contributed by atoms with van der Waals surface area (Å²) < 4.78 is 31.7. The monoisotopic (exact) mass is 548 g/mol. The van der Waals surface area contributed by atoms with Gasteiger partial charge in [0.2, 0.25) is 0 Å². The Bertz CT molecular complexity index is 1310. The molecule has 3 aromatic rings. The predicted molar refractivity (Wildman–Crippen MR) is 155 cm³/mol. The molecule has 1 unspecified atom stereocenters. The first-order valence-corrected chi connectivity index (χ1v) is 14.1. The topological polar surface area (TPSA) is 65.0 Å². The number of halogens is 1. The lowest BCUT2D eigenvalue weighted by Crippen LogP contribution is -2.19. The quantitative estimate of drug-likeness (QED) is 0.232. The number of aliphatic hydroxyl groups is 1. The highest BCUT2D eigenvalue weighted by atomic mass is 19.1. The highest BCUT2D eigenvalue weighted by molar-refractivity contribution is 5.71. The van der Waals surface area contributed by atoms with Gasteiger partial charge < -0.3 is 19.3 Å². The number of carbonyl (C=O) groups is 1. The summed E-state index contributed by atoms with van der Waals surface area (Å²) in [5.74, 6) is 1.47. The maximum absolute atomic E-state index is 14.9. The molecule has 1 aliphatic carbocycles. The lowest BCUT2D eigenvalue weighted by atomic mass is 9.81. The second kappa shape index (κ2) is 12.9. The van der Waals surface area contributed by atoms with Crippen LogP contribution in [0.1, 0.15) is 82.1 Å². The number of hydrogen-bond acceptors (Lipinski definition) is 5. The third kappa shape index (κ3) is 7.63. The van der Waals surface area contributed by atoms with Crippen LogP contribution in [0, 0.1) is 17.2 Å². The summed E-state index contributed by atoms with van der Waals surface area (Å²) in [6.07, 6.45) is 2.94. The van der Waals surface area contributed by atoms with Crippen molar-refractivity contribution < 1.29 is 28.5 Å². The third-order valence-electron chi connectivity index (χ3n) is 7.46. The molecule has 0 saturated heterocycles. The molecule has 0 aromatic heterocycles. The van der Waals surface area contributed by atoms with Crippen LogP contribution < -0.4 is 9.47 Å². The Balaban J connectivity index is 1.58. The molecule has 1 N–H and O–H groups in total. The number of benzene rings is 3. The fourth-order valence-corrected chi connectivity index (χ4v) is 5.02. The fraction of sp³-hybridized carbons (Fsp3) is 0.441. The fourth-order valence-electron chi connectivity index (χ4n) is 5.02. The van der Waals surface area contributed by atoms with E-state index in [2.05, 4.69) is 6.07 Å². The van der Waals surface area contributed by atoms with Crippen LogP contribution in [0.15, 0.2) is 60.7 Å². The number of esters is 1. The first-order valence-electron chi connectivity index (χ1n) is 14.1. The molecular formula is C34H41FO5. The summed E-state index contributed by atoms with van der Waals surface area (Å²) in [6.45, 7) is 8.34. The molecule has 0 bridgehead atoms. The number of aliphatic hydroxyl groups excluding tert-OH is 1. The van der Waals surface area contributed by atoms with Crippen molar-refractivity contribution in [3.63, 3.8) is 0 Å². The van der Waals surface area contributed by atoms with E-state index in [4.69, 9.17) is 14.2 Å². The predicted octanol–water partition coefficient (Wildman–Crippen LogP) is 8.00. The van der Waals surface area contributed by atoms with Crippen molar-refractivity contribution in [2.45, 2.75) is 72.0 Å². The van der Waals surface area contributed by atoms with Crippen molar-refractivity contribution in [2.24, 2.45) is 11.3 Å². The third-order valence-corrected chi connectivity index (χ3v) is 7.46. The van der Waals surface area contributed by atoms with Crippen LogP contribution in [0.25, 0.3) is 11.1 Å².